The number of nitrogens with one attached hydrogen (secondary N) is 1. The van der Waals surface area contributed by atoms with Gasteiger partial charge in [0.15, 0.2) is 11.5 Å². The van der Waals surface area contributed by atoms with Gasteiger partial charge in [0.05, 0.1) is 19.1 Å². The summed E-state index contributed by atoms with van der Waals surface area (Å²) in [6, 6.07) is 4.61. The molecule has 1 N–H and O–H groups in total. The second-order valence-electron chi connectivity index (χ2n) is 6.97. The summed E-state index contributed by atoms with van der Waals surface area (Å²) < 4.78 is 37.9. The number of benzene rings is 1. The number of nitrogens with zero attached hydrogens (tertiary/aromatic N) is 1. The van der Waals surface area contributed by atoms with E-state index in [0.717, 1.165) is 26.1 Å². The van der Waals surface area contributed by atoms with Crippen molar-refractivity contribution >= 4 is 10.0 Å². The van der Waals surface area contributed by atoms with Gasteiger partial charge in [-0.1, -0.05) is 13.8 Å². The third-order valence-corrected chi connectivity index (χ3v) is 6.01. The molecule has 0 radical (unpaired) electrons. The topological polar surface area (TPSA) is 67.9 Å². The highest BCUT2D eigenvalue weighted by atomic mass is 32.2. The van der Waals surface area contributed by atoms with Crippen molar-refractivity contribution in [3.05, 3.63) is 18.2 Å². The summed E-state index contributed by atoms with van der Waals surface area (Å²) in [6.07, 6.45) is 2.08. The van der Waals surface area contributed by atoms with E-state index in [2.05, 4.69) is 23.5 Å². The van der Waals surface area contributed by atoms with Crippen LogP contribution in [-0.2, 0) is 10.0 Å². The van der Waals surface area contributed by atoms with Crippen molar-refractivity contribution in [1.82, 2.24) is 9.62 Å². The molecule has 2 rings (SSSR count). The van der Waals surface area contributed by atoms with E-state index in [0.29, 0.717) is 29.9 Å². The minimum Gasteiger partial charge on any atom is -0.493 e. The number of hydrogen-bond donors (Lipinski definition) is 1. The number of methoxy groups -OCH3 is 2. The minimum absolute atomic E-state index is 0.186. The zero-order chi connectivity index (χ0) is 18.4. The van der Waals surface area contributed by atoms with E-state index in [1.54, 1.807) is 6.07 Å². The van der Waals surface area contributed by atoms with Crippen molar-refractivity contribution < 1.29 is 17.9 Å². The third-order valence-electron chi connectivity index (χ3n) is 4.55. The monoisotopic (exact) mass is 370 g/mol. The SMILES string of the molecule is COc1ccc(S(=O)(=O)NCCCN2C[C@@H](C)C[C@H](C)C2)cc1OC. The fourth-order valence-corrected chi connectivity index (χ4v) is 4.64. The summed E-state index contributed by atoms with van der Waals surface area (Å²) in [5.74, 6) is 2.34. The summed E-state index contributed by atoms with van der Waals surface area (Å²) in [4.78, 5) is 2.62. The predicted octanol–water partition coefficient (Wildman–Crippen LogP) is 2.35. The van der Waals surface area contributed by atoms with E-state index in [4.69, 9.17) is 9.47 Å². The lowest BCUT2D eigenvalue weighted by Gasteiger charge is -2.34. The van der Waals surface area contributed by atoms with Crippen LogP contribution in [-0.4, -0.2) is 53.7 Å². The number of sulfonamides is 1. The lowest BCUT2D eigenvalue weighted by molar-refractivity contribution is 0.140. The van der Waals surface area contributed by atoms with Crippen LogP contribution in [0.15, 0.2) is 23.1 Å². The molecule has 142 valence electrons. The van der Waals surface area contributed by atoms with Crippen molar-refractivity contribution in [2.45, 2.75) is 31.6 Å². The molecule has 0 aliphatic carbocycles. The Morgan fingerprint density at radius 2 is 1.76 bits per heavy atom. The number of ether oxygens (including phenoxy) is 2. The second-order valence-corrected chi connectivity index (χ2v) is 8.74. The number of rotatable bonds is 8. The van der Waals surface area contributed by atoms with E-state index < -0.39 is 10.0 Å². The molecule has 0 bridgehead atoms. The highest BCUT2D eigenvalue weighted by Crippen LogP contribution is 2.29. The second kappa shape index (κ2) is 8.87. The molecule has 1 aliphatic heterocycles. The number of piperidine rings is 1. The van der Waals surface area contributed by atoms with E-state index >= 15 is 0 Å². The molecule has 0 aromatic heterocycles. The molecule has 1 aromatic carbocycles. The Hall–Kier alpha value is -1.31. The van der Waals surface area contributed by atoms with Gasteiger partial charge in [-0.3, -0.25) is 0 Å². The zero-order valence-electron chi connectivity index (χ0n) is 15.6. The largest absolute Gasteiger partial charge is 0.493 e. The van der Waals surface area contributed by atoms with Gasteiger partial charge in [0.25, 0.3) is 0 Å². The molecule has 25 heavy (non-hydrogen) atoms. The van der Waals surface area contributed by atoms with Gasteiger partial charge < -0.3 is 14.4 Å². The normalized spacial score (nSPS) is 21.9. The quantitative estimate of drug-likeness (QED) is 0.712. The lowest BCUT2D eigenvalue weighted by atomic mass is 9.92. The number of likely N-dealkylation sites (tertiary alicyclic amines) is 1. The summed E-state index contributed by atoms with van der Waals surface area (Å²) in [7, 11) is -0.538. The summed E-state index contributed by atoms with van der Waals surface area (Å²) >= 11 is 0. The fraction of sp³-hybridized carbons (Fsp3) is 0.667. The maximum atomic E-state index is 12.4. The first kappa shape index (κ1) is 20.0. The molecule has 1 fully saturated rings. The van der Waals surface area contributed by atoms with Crippen LogP contribution in [0.4, 0.5) is 0 Å². The molecular formula is C18H30N2O4S. The molecule has 1 aliphatic rings. The average Bonchev–Trinajstić information content (AvgIpc) is 2.57. The van der Waals surface area contributed by atoms with Gasteiger partial charge in [-0.25, -0.2) is 13.1 Å². The maximum Gasteiger partial charge on any atom is 0.240 e. The molecular weight excluding hydrogens is 340 g/mol. The Balaban J connectivity index is 1.87. The van der Waals surface area contributed by atoms with Crippen LogP contribution < -0.4 is 14.2 Å². The third kappa shape index (κ3) is 5.59. The molecule has 0 spiro atoms. The highest BCUT2D eigenvalue weighted by Gasteiger charge is 2.21. The van der Waals surface area contributed by atoms with E-state index in [9.17, 15) is 8.42 Å². The Morgan fingerprint density at radius 1 is 1.12 bits per heavy atom. The average molecular weight is 371 g/mol. The Morgan fingerprint density at radius 3 is 2.36 bits per heavy atom. The van der Waals surface area contributed by atoms with Gasteiger partial charge in [0, 0.05) is 25.7 Å². The van der Waals surface area contributed by atoms with Gasteiger partial charge >= 0.3 is 0 Å². The van der Waals surface area contributed by atoms with Crippen molar-refractivity contribution in [2.24, 2.45) is 11.8 Å². The molecule has 1 saturated heterocycles. The van der Waals surface area contributed by atoms with Gasteiger partial charge in [-0.05, 0) is 43.4 Å². The first-order valence-corrected chi connectivity index (χ1v) is 10.3. The molecule has 0 saturated carbocycles. The van der Waals surface area contributed by atoms with Gasteiger partial charge in [0.2, 0.25) is 10.0 Å². The van der Waals surface area contributed by atoms with Crippen molar-refractivity contribution in [3.8, 4) is 11.5 Å². The fourth-order valence-electron chi connectivity index (χ4n) is 3.55. The van der Waals surface area contributed by atoms with Gasteiger partial charge in [-0.15, -0.1) is 0 Å². The van der Waals surface area contributed by atoms with E-state index in [-0.39, 0.29) is 4.90 Å². The van der Waals surface area contributed by atoms with Crippen LogP contribution in [0.1, 0.15) is 26.7 Å². The van der Waals surface area contributed by atoms with Crippen LogP contribution >= 0.6 is 0 Å². The molecule has 0 amide bonds. The van der Waals surface area contributed by atoms with Crippen LogP contribution in [0, 0.1) is 11.8 Å². The van der Waals surface area contributed by atoms with Gasteiger partial charge in [0.1, 0.15) is 0 Å². The molecule has 2 atom stereocenters. The highest BCUT2D eigenvalue weighted by molar-refractivity contribution is 7.89. The van der Waals surface area contributed by atoms with Crippen molar-refractivity contribution in [3.63, 3.8) is 0 Å². The lowest BCUT2D eigenvalue weighted by Crippen LogP contribution is -2.40. The van der Waals surface area contributed by atoms with E-state index in [1.165, 1.54) is 32.8 Å². The van der Waals surface area contributed by atoms with Crippen LogP contribution in [0.5, 0.6) is 11.5 Å². The Kier molecular flexibility index (Phi) is 7.10. The molecule has 0 unspecified atom stereocenters. The summed E-state index contributed by atoms with van der Waals surface area (Å²) in [5.41, 5.74) is 0. The Labute approximate surface area is 151 Å². The minimum atomic E-state index is -3.55. The molecule has 1 heterocycles. The predicted molar refractivity (Wildman–Crippen MR) is 98.7 cm³/mol. The van der Waals surface area contributed by atoms with Gasteiger partial charge in [-0.2, -0.15) is 0 Å². The maximum absolute atomic E-state index is 12.4. The van der Waals surface area contributed by atoms with E-state index in [1.807, 2.05) is 0 Å². The Bertz CT molecular complexity index is 653. The van der Waals surface area contributed by atoms with Crippen LogP contribution in [0.25, 0.3) is 0 Å². The summed E-state index contributed by atoms with van der Waals surface area (Å²) in [5, 5.41) is 0. The molecule has 7 heteroatoms. The standard InChI is InChI=1S/C18H30N2O4S/c1-14-10-15(2)13-20(12-14)9-5-8-19-25(21,22)16-6-7-17(23-3)18(11-16)24-4/h6-7,11,14-15,19H,5,8-10,12-13H2,1-4H3/t14-,15-/m0/s1. The van der Waals surface area contributed by atoms with Crippen molar-refractivity contribution in [2.75, 3.05) is 40.4 Å². The van der Waals surface area contributed by atoms with Crippen LogP contribution in [0.3, 0.4) is 0 Å². The first-order valence-electron chi connectivity index (χ1n) is 8.79. The summed E-state index contributed by atoms with van der Waals surface area (Å²) in [6.45, 7) is 8.11. The molecule has 1 aromatic rings. The first-order chi connectivity index (χ1) is 11.9. The van der Waals surface area contributed by atoms with Crippen molar-refractivity contribution in [1.29, 1.82) is 0 Å². The van der Waals surface area contributed by atoms with Crippen LogP contribution in [0.2, 0.25) is 0 Å². The zero-order valence-corrected chi connectivity index (χ0v) is 16.4. The number of hydrogen-bond acceptors (Lipinski definition) is 5. The molecule has 6 nitrogen and oxygen atoms in total. The smallest absolute Gasteiger partial charge is 0.240 e.